The Morgan fingerprint density at radius 1 is 1.56 bits per heavy atom. The van der Waals surface area contributed by atoms with Crippen molar-refractivity contribution in [3.05, 3.63) is 0 Å². The third-order valence-electron chi connectivity index (χ3n) is 1.90. The van der Waals surface area contributed by atoms with E-state index in [0.29, 0.717) is 6.04 Å². The summed E-state index contributed by atoms with van der Waals surface area (Å²) < 4.78 is 12.0. The van der Waals surface area contributed by atoms with Crippen LogP contribution in [0.2, 0.25) is 0 Å². The fourth-order valence-corrected chi connectivity index (χ4v) is 1.36. The first-order valence-electron chi connectivity index (χ1n) is 3.65. The summed E-state index contributed by atoms with van der Waals surface area (Å²) in [5.41, 5.74) is 0. The Hall–Kier alpha value is -0.110. The van der Waals surface area contributed by atoms with Crippen LogP contribution in [-0.4, -0.2) is 18.8 Å². The number of halogens is 1. The SMILES string of the molecule is CC1CCCC(CF)N1. The quantitative estimate of drug-likeness (QED) is 0.568. The Morgan fingerprint density at radius 3 is 2.78 bits per heavy atom. The van der Waals surface area contributed by atoms with Crippen molar-refractivity contribution in [2.45, 2.75) is 38.3 Å². The largest absolute Gasteiger partial charge is 0.309 e. The normalized spacial score (nSPS) is 36.7. The van der Waals surface area contributed by atoms with Gasteiger partial charge in [0.25, 0.3) is 0 Å². The molecule has 2 heteroatoms. The Bertz CT molecular complexity index is 85.0. The van der Waals surface area contributed by atoms with Crippen molar-refractivity contribution < 1.29 is 4.39 Å². The minimum atomic E-state index is -0.204. The Kier molecular flexibility index (Phi) is 2.46. The second kappa shape index (κ2) is 3.16. The number of nitrogens with one attached hydrogen (secondary N) is 1. The van der Waals surface area contributed by atoms with Gasteiger partial charge in [0.2, 0.25) is 0 Å². The predicted molar refractivity (Wildman–Crippen MR) is 36.2 cm³/mol. The van der Waals surface area contributed by atoms with E-state index in [4.69, 9.17) is 0 Å². The summed E-state index contributed by atoms with van der Waals surface area (Å²) in [4.78, 5) is 0. The van der Waals surface area contributed by atoms with Crippen molar-refractivity contribution in [1.82, 2.24) is 5.32 Å². The van der Waals surface area contributed by atoms with Gasteiger partial charge >= 0.3 is 0 Å². The topological polar surface area (TPSA) is 12.0 Å². The number of rotatable bonds is 1. The molecule has 0 aromatic heterocycles. The molecule has 0 aromatic rings. The molecule has 0 spiro atoms. The van der Waals surface area contributed by atoms with Crippen molar-refractivity contribution >= 4 is 0 Å². The molecule has 1 rings (SSSR count). The first-order valence-corrected chi connectivity index (χ1v) is 3.65. The zero-order valence-electron chi connectivity index (χ0n) is 5.86. The van der Waals surface area contributed by atoms with E-state index in [9.17, 15) is 4.39 Å². The van der Waals surface area contributed by atoms with Crippen molar-refractivity contribution in [3.63, 3.8) is 0 Å². The molecule has 54 valence electrons. The molecule has 0 amide bonds. The third-order valence-corrected chi connectivity index (χ3v) is 1.90. The third kappa shape index (κ3) is 1.94. The van der Waals surface area contributed by atoms with E-state index >= 15 is 0 Å². The number of alkyl halides is 1. The fraction of sp³-hybridized carbons (Fsp3) is 1.00. The molecular formula is C7H14FN. The zero-order valence-corrected chi connectivity index (χ0v) is 5.86. The van der Waals surface area contributed by atoms with Crippen LogP contribution in [0.25, 0.3) is 0 Å². The van der Waals surface area contributed by atoms with Crippen LogP contribution in [0.15, 0.2) is 0 Å². The second-order valence-corrected chi connectivity index (χ2v) is 2.85. The summed E-state index contributed by atoms with van der Waals surface area (Å²) in [6.07, 6.45) is 3.40. The highest BCUT2D eigenvalue weighted by Gasteiger charge is 2.16. The molecule has 0 saturated carbocycles. The molecule has 2 unspecified atom stereocenters. The minimum Gasteiger partial charge on any atom is -0.309 e. The van der Waals surface area contributed by atoms with Crippen LogP contribution in [-0.2, 0) is 0 Å². The molecule has 0 bridgehead atoms. The van der Waals surface area contributed by atoms with Crippen LogP contribution in [0.1, 0.15) is 26.2 Å². The van der Waals surface area contributed by atoms with Crippen LogP contribution in [0.5, 0.6) is 0 Å². The first kappa shape index (κ1) is 7.00. The molecule has 2 atom stereocenters. The van der Waals surface area contributed by atoms with Crippen molar-refractivity contribution in [2.75, 3.05) is 6.67 Å². The highest BCUT2D eigenvalue weighted by atomic mass is 19.1. The Morgan fingerprint density at radius 2 is 2.33 bits per heavy atom. The number of hydrogen-bond acceptors (Lipinski definition) is 1. The lowest BCUT2D eigenvalue weighted by molar-refractivity contribution is 0.280. The lowest BCUT2D eigenvalue weighted by Gasteiger charge is -2.26. The molecule has 9 heavy (non-hydrogen) atoms. The number of hydrogen-bond donors (Lipinski definition) is 1. The van der Waals surface area contributed by atoms with E-state index in [0.717, 1.165) is 6.42 Å². The summed E-state index contributed by atoms with van der Waals surface area (Å²) in [5.74, 6) is 0. The lowest BCUT2D eigenvalue weighted by Crippen LogP contribution is -2.41. The van der Waals surface area contributed by atoms with Gasteiger partial charge in [-0.15, -0.1) is 0 Å². The maximum absolute atomic E-state index is 12.0. The van der Waals surface area contributed by atoms with E-state index in [2.05, 4.69) is 12.2 Å². The van der Waals surface area contributed by atoms with Gasteiger partial charge in [0.1, 0.15) is 6.67 Å². The summed E-state index contributed by atoms with van der Waals surface area (Å²) in [6.45, 7) is 1.91. The van der Waals surface area contributed by atoms with Crippen LogP contribution < -0.4 is 5.32 Å². The molecule has 0 aliphatic carbocycles. The average Bonchev–Trinajstić information content (AvgIpc) is 1.88. The van der Waals surface area contributed by atoms with Crippen molar-refractivity contribution in [3.8, 4) is 0 Å². The first-order chi connectivity index (χ1) is 4.33. The number of piperidine rings is 1. The summed E-state index contributed by atoms with van der Waals surface area (Å²) in [5, 5.41) is 3.19. The predicted octanol–water partition coefficient (Wildman–Crippen LogP) is 1.49. The molecule has 1 fully saturated rings. The monoisotopic (exact) mass is 131 g/mol. The fourth-order valence-electron chi connectivity index (χ4n) is 1.36. The lowest BCUT2D eigenvalue weighted by atomic mass is 10.0. The van der Waals surface area contributed by atoms with Crippen LogP contribution in [0.3, 0.4) is 0 Å². The maximum Gasteiger partial charge on any atom is 0.105 e. The Balaban J connectivity index is 2.23. The van der Waals surface area contributed by atoms with E-state index in [1.807, 2.05) is 0 Å². The highest BCUT2D eigenvalue weighted by Crippen LogP contribution is 2.11. The summed E-state index contributed by atoms with van der Waals surface area (Å²) >= 11 is 0. The molecule has 1 N–H and O–H groups in total. The van der Waals surface area contributed by atoms with Crippen LogP contribution in [0, 0.1) is 0 Å². The van der Waals surface area contributed by atoms with Gasteiger partial charge in [-0.1, -0.05) is 6.42 Å². The zero-order chi connectivity index (χ0) is 6.69. The highest BCUT2D eigenvalue weighted by molar-refractivity contribution is 4.76. The summed E-state index contributed by atoms with van der Waals surface area (Å²) in [6, 6.07) is 0.674. The van der Waals surface area contributed by atoms with E-state index in [-0.39, 0.29) is 12.7 Å². The van der Waals surface area contributed by atoms with Crippen molar-refractivity contribution in [1.29, 1.82) is 0 Å². The van der Waals surface area contributed by atoms with Gasteiger partial charge in [0.15, 0.2) is 0 Å². The smallest absolute Gasteiger partial charge is 0.105 e. The average molecular weight is 131 g/mol. The molecule has 0 aromatic carbocycles. The van der Waals surface area contributed by atoms with Crippen LogP contribution >= 0.6 is 0 Å². The van der Waals surface area contributed by atoms with Gasteiger partial charge in [-0.3, -0.25) is 0 Å². The summed E-state index contributed by atoms with van der Waals surface area (Å²) in [7, 11) is 0. The van der Waals surface area contributed by atoms with Gasteiger partial charge in [0.05, 0.1) is 0 Å². The van der Waals surface area contributed by atoms with E-state index < -0.39 is 0 Å². The Labute approximate surface area is 55.6 Å². The maximum atomic E-state index is 12.0. The van der Waals surface area contributed by atoms with Crippen molar-refractivity contribution in [2.24, 2.45) is 0 Å². The molecule has 0 radical (unpaired) electrons. The van der Waals surface area contributed by atoms with Gasteiger partial charge in [0, 0.05) is 12.1 Å². The minimum absolute atomic E-state index is 0.147. The molecule has 1 aliphatic rings. The standard InChI is InChI=1S/C7H14FN/c1-6-3-2-4-7(5-8)9-6/h6-7,9H,2-5H2,1H3. The molecular weight excluding hydrogens is 117 g/mol. The van der Waals surface area contributed by atoms with Gasteiger partial charge < -0.3 is 5.32 Å². The molecule has 1 aliphatic heterocycles. The second-order valence-electron chi connectivity index (χ2n) is 2.85. The van der Waals surface area contributed by atoms with Gasteiger partial charge in [-0.25, -0.2) is 4.39 Å². The van der Waals surface area contributed by atoms with Gasteiger partial charge in [-0.05, 0) is 19.8 Å². The van der Waals surface area contributed by atoms with E-state index in [1.165, 1.54) is 12.8 Å². The van der Waals surface area contributed by atoms with Crippen LogP contribution in [0.4, 0.5) is 4.39 Å². The van der Waals surface area contributed by atoms with E-state index in [1.54, 1.807) is 0 Å². The molecule has 1 heterocycles. The molecule has 1 saturated heterocycles. The van der Waals surface area contributed by atoms with Gasteiger partial charge in [-0.2, -0.15) is 0 Å². The molecule has 1 nitrogen and oxygen atoms in total.